The number of anilines is 3. The molecule has 0 aliphatic heterocycles. The second kappa shape index (κ2) is 8.99. The van der Waals surface area contributed by atoms with Gasteiger partial charge in [0.15, 0.2) is 5.82 Å². The Bertz CT molecular complexity index is 1460. The number of nitrogens with zero attached hydrogens (tertiary/aromatic N) is 5. The number of amides is 1. The SMILES string of the molecule is COc1ccc(NC(=O)c2cccc(Nc3cc(C)nc4nc(-c5cccnc5)nn34)c2)cc1. The smallest absolute Gasteiger partial charge is 0.255 e. The maximum atomic E-state index is 12.8. The molecule has 0 bridgehead atoms. The number of pyridine rings is 1. The minimum atomic E-state index is -0.218. The Labute approximate surface area is 195 Å². The van der Waals surface area contributed by atoms with E-state index in [-0.39, 0.29) is 5.91 Å². The minimum Gasteiger partial charge on any atom is -0.497 e. The second-order valence-corrected chi connectivity index (χ2v) is 7.56. The van der Waals surface area contributed by atoms with E-state index in [0.29, 0.717) is 28.7 Å². The zero-order valence-electron chi connectivity index (χ0n) is 18.6. The third kappa shape index (κ3) is 4.40. The van der Waals surface area contributed by atoms with Gasteiger partial charge in [-0.1, -0.05) is 6.07 Å². The van der Waals surface area contributed by atoms with Crippen molar-refractivity contribution in [3.8, 4) is 17.1 Å². The number of rotatable bonds is 6. The lowest BCUT2D eigenvalue weighted by atomic mass is 10.1. The summed E-state index contributed by atoms with van der Waals surface area (Å²) in [6.45, 7) is 1.89. The highest BCUT2D eigenvalue weighted by molar-refractivity contribution is 6.04. The fraction of sp³-hybridized carbons (Fsp3) is 0.0800. The van der Waals surface area contributed by atoms with Gasteiger partial charge >= 0.3 is 0 Å². The molecule has 9 heteroatoms. The largest absolute Gasteiger partial charge is 0.497 e. The van der Waals surface area contributed by atoms with E-state index in [1.165, 1.54) is 0 Å². The molecule has 0 unspecified atom stereocenters. The molecule has 0 aliphatic carbocycles. The lowest BCUT2D eigenvalue weighted by Crippen LogP contribution is -2.12. The third-order valence-corrected chi connectivity index (χ3v) is 5.11. The first-order chi connectivity index (χ1) is 16.6. The van der Waals surface area contributed by atoms with Crippen LogP contribution in [0.3, 0.4) is 0 Å². The van der Waals surface area contributed by atoms with Gasteiger partial charge in [-0.05, 0) is 61.5 Å². The Morgan fingerprint density at radius 3 is 2.59 bits per heavy atom. The van der Waals surface area contributed by atoms with Gasteiger partial charge in [0.25, 0.3) is 11.7 Å². The first-order valence-electron chi connectivity index (χ1n) is 10.6. The molecular formula is C25H21N7O2. The summed E-state index contributed by atoms with van der Waals surface area (Å²) in [4.78, 5) is 25.9. The molecule has 0 atom stereocenters. The number of aromatic nitrogens is 5. The molecule has 9 nitrogen and oxygen atoms in total. The molecule has 34 heavy (non-hydrogen) atoms. The van der Waals surface area contributed by atoms with Gasteiger partial charge in [0.1, 0.15) is 11.6 Å². The quantitative estimate of drug-likeness (QED) is 0.391. The van der Waals surface area contributed by atoms with Crippen LogP contribution in [-0.4, -0.2) is 37.6 Å². The van der Waals surface area contributed by atoms with Crippen molar-refractivity contribution in [1.82, 2.24) is 24.6 Å². The molecule has 0 aliphatic rings. The van der Waals surface area contributed by atoms with E-state index in [2.05, 4.69) is 30.7 Å². The Kier molecular flexibility index (Phi) is 5.57. The molecular weight excluding hydrogens is 430 g/mol. The Balaban J connectivity index is 1.41. The molecule has 1 amide bonds. The van der Waals surface area contributed by atoms with Crippen LogP contribution in [0.4, 0.5) is 17.2 Å². The van der Waals surface area contributed by atoms with E-state index in [0.717, 1.165) is 22.7 Å². The van der Waals surface area contributed by atoms with Gasteiger partial charge in [0.05, 0.1) is 7.11 Å². The summed E-state index contributed by atoms with van der Waals surface area (Å²) in [6, 6.07) is 20.0. The van der Waals surface area contributed by atoms with Gasteiger partial charge in [0, 0.05) is 46.7 Å². The Hall–Kier alpha value is -4.79. The van der Waals surface area contributed by atoms with Crippen LogP contribution in [0, 0.1) is 6.92 Å². The van der Waals surface area contributed by atoms with Gasteiger partial charge in [-0.3, -0.25) is 9.78 Å². The maximum Gasteiger partial charge on any atom is 0.255 e. The molecule has 3 aromatic heterocycles. The van der Waals surface area contributed by atoms with E-state index in [1.807, 2.05) is 37.3 Å². The molecule has 0 fully saturated rings. The molecule has 5 aromatic rings. The van der Waals surface area contributed by atoms with E-state index in [1.54, 1.807) is 60.4 Å². The minimum absolute atomic E-state index is 0.218. The number of carbonyl (C=O) groups excluding carboxylic acids is 1. The fourth-order valence-electron chi connectivity index (χ4n) is 3.46. The van der Waals surface area contributed by atoms with Crippen LogP contribution in [0.2, 0.25) is 0 Å². The van der Waals surface area contributed by atoms with Crippen LogP contribution in [-0.2, 0) is 0 Å². The van der Waals surface area contributed by atoms with Gasteiger partial charge < -0.3 is 15.4 Å². The molecule has 168 valence electrons. The summed E-state index contributed by atoms with van der Waals surface area (Å²) in [5, 5.41) is 10.8. The lowest BCUT2D eigenvalue weighted by Gasteiger charge is -2.11. The van der Waals surface area contributed by atoms with Crippen molar-refractivity contribution >= 4 is 28.9 Å². The summed E-state index contributed by atoms with van der Waals surface area (Å²) >= 11 is 0. The van der Waals surface area contributed by atoms with E-state index in [4.69, 9.17) is 4.74 Å². The predicted molar refractivity (Wildman–Crippen MR) is 129 cm³/mol. The monoisotopic (exact) mass is 451 g/mol. The van der Waals surface area contributed by atoms with Crippen LogP contribution >= 0.6 is 0 Å². The Morgan fingerprint density at radius 1 is 0.971 bits per heavy atom. The van der Waals surface area contributed by atoms with Gasteiger partial charge in [-0.15, -0.1) is 5.10 Å². The van der Waals surface area contributed by atoms with Crippen molar-refractivity contribution in [3.63, 3.8) is 0 Å². The molecule has 0 saturated heterocycles. The molecule has 5 rings (SSSR count). The van der Waals surface area contributed by atoms with Crippen molar-refractivity contribution in [3.05, 3.63) is 90.4 Å². The molecule has 2 N–H and O–H groups in total. The van der Waals surface area contributed by atoms with Crippen molar-refractivity contribution < 1.29 is 9.53 Å². The summed E-state index contributed by atoms with van der Waals surface area (Å²) in [7, 11) is 1.60. The number of hydrogen-bond donors (Lipinski definition) is 2. The average Bonchev–Trinajstić information content (AvgIpc) is 3.29. The number of carbonyl (C=O) groups is 1. The van der Waals surface area contributed by atoms with E-state index in [9.17, 15) is 4.79 Å². The number of ether oxygens (including phenoxy) is 1. The highest BCUT2D eigenvalue weighted by atomic mass is 16.5. The molecule has 3 heterocycles. The fourth-order valence-corrected chi connectivity index (χ4v) is 3.46. The zero-order valence-corrected chi connectivity index (χ0v) is 18.6. The van der Waals surface area contributed by atoms with Gasteiger partial charge in [0.2, 0.25) is 0 Å². The number of benzene rings is 2. The number of hydrogen-bond acceptors (Lipinski definition) is 7. The topological polar surface area (TPSA) is 106 Å². The van der Waals surface area contributed by atoms with Crippen LogP contribution in [0.5, 0.6) is 5.75 Å². The van der Waals surface area contributed by atoms with Crippen molar-refractivity contribution in [1.29, 1.82) is 0 Å². The maximum absolute atomic E-state index is 12.8. The predicted octanol–water partition coefficient (Wildman–Crippen LogP) is 4.50. The van der Waals surface area contributed by atoms with Crippen molar-refractivity contribution in [2.45, 2.75) is 6.92 Å². The number of fused-ring (bicyclic) bond motifs is 1. The lowest BCUT2D eigenvalue weighted by molar-refractivity contribution is 0.102. The third-order valence-electron chi connectivity index (χ3n) is 5.11. The standard InChI is InChI=1S/C25H21N7O2/c1-16-13-22(32-25(27-16)30-23(31-32)18-6-4-12-26-15-18)28-20-7-3-5-17(14-20)24(33)29-19-8-10-21(34-2)11-9-19/h3-15,28H,1-2H3,(H,29,33). The highest BCUT2D eigenvalue weighted by Crippen LogP contribution is 2.22. The van der Waals surface area contributed by atoms with Crippen LogP contribution in [0.15, 0.2) is 79.1 Å². The molecule has 0 spiro atoms. The molecule has 0 radical (unpaired) electrons. The summed E-state index contributed by atoms with van der Waals surface area (Å²) in [5.41, 5.74) is 3.51. The second-order valence-electron chi connectivity index (χ2n) is 7.56. The summed E-state index contributed by atoms with van der Waals surface area (Å²) < 4.78 is 6.79. The summed E-state index contributed by atoms with van der Waals surface area (Å²) in [6.07, 6.45) is 3.41. The Morgan fingerprint density at radius 2 is 1.82 bits per heavy atom. The average molecular weight is 451 g/mol. The van der Waals surface area contributed by atoms with Crippen LogP contribution < -0.4 is 15.4 Å². The first kappa shape index (κ1) is 21.1. The summed E-state index contributed by atoms with van der Waals surface area (Å²) in [5.74, 6) is 2.18. The number of nitrogens with one attached hydrogen (secondary N) is 2. The molecule has 2 aromatic carbocycles. The first-order valence-corrected chi connectivity index (χ1v) is 10.6. The van der Waals surface area contributed by atoms with Crippen LogP contribution in [0.25, 0.3) is 17.2 Å². The number of aryl methyl sites for hydroxylation is 1. The zero-order chi connectivity index (χ0) is 23.5. The van der Waals surface area contributed by atoms with Gasteiger partial charge in [-0.2, -0.15) is 9.50 Å². The normalized spacial score (nSPS) is 10.8. The van der Waals surface area contributed by atoms with E-state index < -0.39 is 0 Å². The number of methoxy groups -OCH3 is 1. The van der Waals surface area contributed by atoms with Gasteiger partial charge in [-0.25, -0.2) is 4.98 Å². The van der Waals surface area contributed by atoms with Crippen LogP contribution in [0.1, 0.15) is 16.1 Å². The van der Waals surface area contributed by atoms with E-state index >= 15 is 0 Å². The highest BCUT2D eigenvalue weighted by Gasteiger charge is 2.13. The molecule has 0 saturated carbocycles. The van der Waals surface area contributed by atoms with Crippen molar-refractivity contribution in [2.75, 3.05) is 17.7 Å². The van der Waals surface area contributed by atoms with Crippen molar-refractivity contribution in [2.24, 2.45) is 0 Å².